The first kappa shape index (κ1) is 16.0. The molecule has 1 aromatic carbocycles. The molecule has 0 saturated heterocycles. The zero-order chi connectivity index (χ0) is 15.1. The van der Waals surface area contributed by atoms with Gasteiger partial charge in [0.05, 0.1) is 13.7 Å². The van der Waals surface area contributed by atoms with Gasteiger partial charge in [-0.05, 0) is 44.2 Å². The van der Waals surface area contributed by atoms with E-state index in [1.165, 1.54) is 38.5 Å². The quantitative estimate of drug-likeness (QED) is 0.759. The Morgan fingerprint density at radius 3 is 2.67 bits per heavy atom. The van der Waals surface area contributed by atoms with Crippen molar-refractivity contribution in [2.75, 3.05) is 19.0 Å². The van der Waals surface area contributed by atoms with E-state index < -0.39 is 0 Å². The summed E-state index contributed by atoms with van der Waals surface area (Å²) < 4.78 is 11.0. The van der Waals surface area contributed by atoms with Crippen molar-refractivity contribution in [3.05, 3.63) is 18.2 Å². The van der Waals surface area contributed by atoms with Crippen LogP contribution in [0.25, 0.3) is 0 Å². The van der Waals surface area contributed by atoms with Crippen LogP contribution in [0.3, 0.4) is 0 Å². The van der Waals surface area contributed by atoms with Gasteiger partial charge in [-0.1, -0.05) is 26.2 Å². The van der Waals surface area contributed by atoms with Crippen LogP contribution in [0, 0.1) is 5.92 Å². The normalized spacial score (nSPS) is 22.4. The summed E-state index contributed by atoms with van der Waals surface area (Å²) in [6.45, 7) is 4.97. The molecule has 0 spiro atoms. The molecule has 0 aromatic heterocycles. The standard InChI is InChI=1S/C18H29NO2/c1-4-14-7-6-8-15(10-9-14)19-16-11-12-17(20-3)18(13-16)21-5-2/h11-15,19H,4-10H2,1-3H3. The van der Waals surface area contributed by atoms with Gasteiger partial charge in [-0.25, -0.2) is 0 Å². The first-order valence-corrected chi connectivity index (χ1v) is 8.34. The minimum Gasteiger partial charge on any atom is -0.493 e. The highest BCUT2D eigenvalue weighted by Gasteiger charge is 2.18. The highest BCUT2D eigenvalue weighted by molar-refractivity contribution is 5.55. The van der Waals surface area contributed by atoms with Crippen molar-refractivity contribution < 1.29 is 9.47 Å². The smallest absolute Gasteiger partial charge is 0.163 e. The van der Waals surface area contributed by atoms with Gasteiger partial charge in [-0.2, -0.15) is 0 Å². The monoisotopic (exact) mass is 291 g/mol. The second-order valence-corrected chi connectivity index (χ2v) is 5.92. The molecule has 0 radical (unpaired) electrons. The van der Waals surface area contributed by atoms with Crippen molar-refractivity contribution in [3.63, 3.8) is 0 Å². The summed E-state index contributed by atoms with van der Waals surface area (Å²) in [6.07, 6.45) is 7.94. The van der Waals surface area contributed by atoms with E-state index in [0.717, 1.165) is 23.1 Å². The van der Waals surface area contributed by atoms with Gasteiger partial charge >= 0.3 is 0 Å². The summed E-state index contributed by atoms with van der Waals surface area (Å²) in [5.41, 5.74) is 1.14. The predicted molar refractivity (Wildman–Crippen MR) is 88.4 cm³/mol. The summed E-state index contributed by atoms with van der Waals surface area (Å²) in [5, 5.41) is 3.68. The Morgan fingerprint density at radius 1 is 1.10 bits per heavy atom. The van der Waals surface area contributed by atoms with Crippen LogP contribution < -0.4 is 14.8 Å². The third-order valence-electron chi connectivity index (χ3n) is 4.50. The van der Waals surface area contributed by atoms with Crippen LogP contribution in [0.1, 0.15) is 52.4 Å². The number of hydrogen-bond acceptors (Lipinski definition) is 3. The van der Waals surface area contributed by atoms with E-state index in [4.69, 9.17) is 9.47 Å². The van der Waals surface area contributed by atoms with Gasteiger partial charge in [0, 0.05) is 17.8 Å². The van der Waals surface area contributed by atoms with Gasteiger partial charge in [0.15, 0.2) is 11.5 Å². The number of ether oxygens (including phenoxy) is 2. The van der Waals surface area contributed by atoms with E-state index in [9.17, 15) is 0 Å². The fourth-order valence-electron chi connectivity index (χ4n) is 3.20. The van der Waals surface area contributed by atoms with Crippen molar-refractivity contribution in [2.45, 2.75) is 58.4 Å². The molecule has 1 fully saturated rings. The van der Waals surface area contributed by atoms with Crippen LogP contribution in [0.5, 0.6) is 11.5 Å². The van der Waals surface area contributed by atoms with Gasteiger partial charge in [-0.15, -0.1) is 0 Å². The van der Waals surface area contributed by atoms with Crippen molar-refractivity contribution in [1.82, 2.24) is 0 Å². The zero-order valence-corrected chi connectivity index (χ0v) is 13.7. The van der Waals surface area contributed by atoms with Crippen molar-refractivity contribution in [2.24, 2.45) is 5.92 Å². The third-order valence-corrected chi connectivity index (χ3v) is 4.50. The number of rotatable bonds is 6. The van der Waals surface area contributed by atoms with Gasteiger partial charge in [0.1, 0.15) is 0 Å². The average Bonchev–Trinajstić information content (AvgIpc) is 2.73. The molecule has 2 unspecified atom stereocenters. The Kier molecular flexibility index (Phi) is 6.21. The lowest BCUT2D eigenvalue weighted by molar-refractivity contribution is 0.311. The molecule has 1 aromatic rings. The van der Waals surface area contributed by atoms with E-state index in [1.54, 1.807) is 7.11 Å². The number of nitrogens with one attached hydrogen (secondary N) is 1. The molecule has 2 atom stereocenters. The van der Waals surface area contributed by atoms with Gasteiger partial charge in [0.25, 0.3) is 0 Å². The SMILES string of the molecule is CCOc1cc(NC2CCCC(CC)CC2)ccc1OC. The Balaban J connectivity index is 2.00. The molecular formula is C18H29NO2. The number of anilines is 1. The summed E-state index contributed by atoms with van der Waals surface area (Å²) in [4.78, 5) is 0. The second kappa shape index (κ2) is 8.16. The molecule has 118 valence electrons. The van der Waals surface area contributed by atoms with Crippen LogP contribution in [0.2, 0.25) is 0 Å². The summed E-state index contributed by atoms with van der Waals surface area (Å²) in [6, 6.07) is 6.72. The molecule has 1 N–H and O–H groups in total. The minimum atomic E-state index is 0.587. The minimum absolute atomic E-state index is 0.587. The van der Waals surface area contributed by atoms with E-state index in [2.05, 4.69) is 24.4 Å². The van der Waals surface area contributed by atoms with E-state index in [1.807, 2.05) is 13.0 Å². The van der Waals surface area contributed by atoms with Gasteiger partial charge in [0.2, 0.25) is 0 Å². The van der Waals surface area contributed by atoms with E-state index >= 15 is 0 Å². The Bertz CT molecular complexity index is 433. The maximum atomic E-state index is 5.65. The van der Waals surface area contributed by atoms with Crippen molar-refractivity contribution in [1.29, 1.82) is 0 Å². The van der Waals surface area contributed by atoms with Crippen LogP contribution in [0.15, 0.2) is 18.2 Å². The lowest BCUT2D eigenvalue weighted by Gasteiger charge is -2.19. The largest absolute Gasteiger partial charge is 0.493 e. The second-order valence-electron chi connectivity index (χ2n) is 5.92. The molecule has 21 heavy (non-hydrogen) atoms. The van der Waals surface area contributed by atoms with Gasteiger partial charge in [-0.3, -0.25) is 0 Å². The Hall–Kier alpha value is -1.38. The van der Waals surface area contributed by atoms with Crippen molar-refractivity contribution >= 4 is 5.69 Å². The highest BCUT2D eigenvalue weighted by Crippen LogP contribution is 2.32. The highest BCUT2D eigenvalue weighted by atomic mass is 16.5. The van der Waals surface area contributed by atoms with Gasteiger partial charge < -0.3 is 14.8 Å². The molecule has 0 amide bonds. The predicted octanol–water partition coefficient (Wildman–Crippen LogP) is 4.86. The molecular weight excluding hydrogens is 262 g/mol. The fraction of sp³-hybridized carbons (Fsp3) is 0.667. The summed E-state index contributed by atoms with van der Waals surface area (Å²) in [7, 11) is 1.68. The van der Waals surface area contributed by atoms with Crippen LogP contribution in [-0.2, 0) is 0 Å². The maximum absolute atomic E-state index is 5.65. The number of benzene rings is 1. The van der Waals surface area contributed by atoms with E-state index in [0.29, 0.717) is 12.6 Å². The Labute approximate surface area is 129 Å². The molecule has 0 aliphatic heterocycles. The third kappa shape index (κ3) is 4.55. The number of hydrogen-bond donors (Lipinski definition) is 1. The lowest BCUT2D eigenvalue weighted by atomic mass is 9.98. The van der Waals surface area contributed by atoms with Crippen LogP contribution >= 0.6 is 0 Å². The summed E-state index contributed by atoms with van der Waals surface area (Å²) >= 11 is 0. The zero-order valence-electron chi connectivity index (χ0n) is 13.7. The molecule has 1 saturated carbocycles. The lowest BCUT2D eigenvalue weighted by Crippen LogP contribution is -2.18. The maximum Gasteiger partial charge on any atom is 0.163 e. The molecule has 3 nitrogen and oxygen atoms in total. The molecule has 0 bridgehead atoms. The van der Waals surface area contributed by atoms with Crippen LogP contribution in [-0.4, -0.2) is 19.8 Å². The average molecular weight is 291 g/mol. The first-order valence-electron chi connectivity index (χ1n) is 8.34. The molecule has 3 heteroatoms. The first-order chi connectivity index (χ1) is 10.3. The summed E-state index contributed by atoms with van der Waals surface area (Å²) in [5.74, 6) is 2.55. The van der Waals surface area contributed by atoms with E-state index in [-0.39, 0.29) is 0 Å². The number of methoxy groups -OCH3 is 1. The molecule has 1 aliphatic carbocycles. The van der Waals surface area contributed by atoms with Crippen molar-refractivity contribution in [3.8, 4) is 11.5 Å². The molecule has 1 aliphatic rings. The fourth-order valence-corrected chi connectivity index (χ4v) is 3.20. The topological polar surface area (TPSA) is 30.5 Å². The molecule has 2 rings (SSSR count). The van der Waals surface area contributed by atoms with Crippen LogP contribution in [0.4, 0.5) is 5.69 Å². The molecule has 0 heterocycles. The Morgan fingerprint density at radius 2 is 1.95 bits per heavy atom.